The lowest BCUT2D eigenvalue weighted by Crippen LogP contribution is -1.86. The molecule has 0 spiro atoms. The van der Waals surface area contributed by atoms with Crippen LogP contribution in [0.25, 0.3) is 22.1 Å². The van der Waals surface area contributed by atoms with Crippen molar-refractivity contribution in [3.05, 3.63) is 36.7 Å². The smallest absolute Gasteiger partial charge is 0.317 e. The molecule has 1 aromatic carbocycles. The highest BCUT2D eigenvalue weighted by molar-refractivity contribution is 5.83. The molecule has 0 aliphatic rings. The van der Waals surface area contributed by atoms with Crippen LogP contribution in [-0.4, -0.2) is 20.2 Å². The Morgan fingerprint density at radius 1 is 1.12 bits per heavy atom. The summed E-state index contributed by atoms with van der Waals surface area (Å²) in [7, 11) is 0. The SMILES string of the molecule is Oc1ncc(-c2ccc3ccoc3c2)c(O)n1. The van der Waals surface area contributed by atoms with Crippen molar-refractivity contribution in [1.29, 1.82) is 0 Å². The largest absolute Gasteiger partial charge is 0.493 e. The second-order valence-electron chi connectivity index (χ2n) is 3.58. The van der Waals surface area contributed by atoms with Crippen LogP contribution < -0.4 is 0 Å². The fourth-order valence-electron chi connectivity index (χ4n) is 1.69. The van der Waals surface area contributed by atoms with Gasteiger partial charge in [-0.2, -0.15) is 4.98 Å². The third kappa shape index (κ3) is 1.57. The molecule has 17 heavy (non-hydrogen) atoms. The minimum Gasteiger partial charge on any atom is -0.493 e. The van der Waals surface area contributed by atoms with Crippen molar-refractivity contribution < 1.29 is 14.6 Å². The van der Waals surface area contributed by atoms with Crippen molar-refractivity contribution >= 4 is 11.0 Å². The Morgan fingerprint density at radius 2 is 2.00 bits per heavy atom. The number of hydrogen-bond acceptors (Lipinski definition) is 5. The first-order valence-corrected chi connectivity index (χ1v) is 4.96. The molecule has 5 nitrogen and oxygen atoms in total. The van der Waals surface area contributed by atoms with Crippen molar-refractivity contribution in [2.75, 3.05) is 0 Å². The minimum absolute atomic E-state index is 0.261. The van der Waals surface area contributed by atoms with Gasteiger partial charge < -0.3 is 14.6 Å². The molecule has 3 rings (SSSR count). The molecule has 0 atom stereocenters. The lowest BCUT2D eigenvalue weighted by Gasteiger charge is -2.03. The molecule has 84 valence electrons. The Morgan fingerprint density at radius 3 is 2.82 bits per heavy atom. The van der Waals surface area contributed by atoms with Crippen LogP contribution in [-0.2, 0) is 0 Å². The van der Waals surface area contributed by atoms with Crippen LogP contribution in [0, 0.1) is 0 Å². The van der Waals surface area contributed by atoms with Crippen molar-refractivity contribution in [3.63, 3.8) is 0 Å². The standard InChI is InChI=1S/C12H8N2O3/c15-11-9(6-13-12(16)14-11)8-2-1-7-3-4-17-10(7)5-8/h1-6H,(H2,13,14,15,16). The number of hydrogen-bond donors (Lipinski definition) is 2. The van der Waals surface area contributed by atoms with E-state index in [9.17, 15) is 5.11 Å². The van der Waals surface area contributed by atoms with E-state index in [0.29, 0.717) is 5.56 Å². The maximum atomic E-state index is 9.63. The van der Waals surface area contributed by atoms with Gasteiger partial charge in [-0.05, 0) is 17.7 Å². The van der Waals surface area contributed by atoms with E-state index in [1.54, 1.807) is 12.3 Å². The molecular formula is C12H8N2O3. The number of aromatic hydroxyl groups is 2. The molecule has 0 saturated heterocycles. The van der Waals surface area contributed by atoms with Gasteiger partial charge in [0.25, 0.3) is 0 Å². The maximum Gasteiger partial charge on any atom is 0.317 e. The summed E-state index contributed by atoms with van der Waals surface area (Å²) in [4.78, 5) is 7.12. The van der Waals surface area contributed by atoms with E-state index < -0.39 is 6.01 Å². The topological polar surface area (TPSA) is 79.4 Å². The number of nitrogens with zero attached hydrogens (tertiary/aromatic N) is 2. The summed E-state index contributed by atoms with van der Waals surface area (Å²) in [5.41, 5.74) is 1.89. The summed E-state index contributed by atoms with van der Waals surface area (Å²) in [6.07, 6.45) is 2.96. The second-order valence-corrected chi connectivity index (χ2v) is 3.58. The van der Waals surface area contributed by atoms with E-state index in [-0.39, 0.29) is 5.88 Å². The summed E-state index contributed by atoms with van der Waals surface area (Å²) in [5.74, 6) is -0.261. The first-order chi connectivity index (χ1) is 8.24. The van der Waals surface area contributed by atoms with Crippen LogP contribution in [0.4, 0.5) is 0 Å². The maximum absolute atomic E-state index is 9.63. The molecule has 5 heteroatoms. The number of fused-ring (bicyclic) bond motifs is 1. The second kappa shape index (κ2) is 3.48. The van der Waals surface area contributed by atoms with Gasteiger partial charge >= 0.3 is 6.01 Å². The number of aromatic nitrogens is 2. The average Bonchev–Trinajstić information content (AvgIpc) is 2.75. The van der Waals surface area contributed by atoms with Gasteiger partial charge in [-0.15, -0.1) is 0 Å². The average molecular weight is 228 g/mol. The van der Waals surface area contributed by atoms with Gasteiger partial charge in [0.2, 0.25) is 5.88 Å². The summed E-state index contributed by atoms with van der Waals surface area (Å²) >= 11 is 0. The predicted octanol–water partition coefficient (Wildman–Crippen LogP) is 2.30. The molecule has 0 radical (unpaired) electrons. The molecular weight excluding hydrogens is 220 g/mol. The minimum atomic E-state index is -0.453. The zero-order chi connectivity index (χ0) is 11.8. The van der Waals surface area contributed by atoms with E-state index in [2.05, 4.69) is 9.97 Å². The van der Waals surface area contributed by atoms with Crippen LogP contribution in [0.5, 0.6) is 11.9 Å². The van der Waals surface area contributed by atoms with Crippen LogP contribution in [0.2, 0.25) is 0 Å². The van der Waals surface area contributed by atoms with E-state index in [0.717, 1.165) is 16.5 Å². The Labute approximate surface area is 96.0 Å². The van der Waals surface area contributed by atoms with Crippen molar-refractivity contribution in [3.8, 4) is 23.0 Å². The fourth-order valence-corrected chi connectivity index (χ4v) is 1.69. The molecule has 2 heterocycles. The van der Waals surface area contributed by atoms with Gasteiger partial charge in [-0.3, -0.25) is 0 Å². The van der Waals surface area contributed by atoms with Gasteiger partial charge in [-0.1, -0.05) is 12.1 Å². The summed E-state index contributed by atoms with van der Waals surface area (Å²) in [5, 5.41) is 19.6. The fraction of sp³-hybridized carbons (Fsp3) is 0. The lowest BCUT2D eigenvalue weighted by molar-refractivity contribution is 0.399. The van der Waals surface area contributed by atoms with E-state index >= 15 is 0 Å². The third-order valence-electron chi connectivity index (χ3n) is 2.52. The highest BCUT2D eigenvalue weighted by Crippen LogP contribution is 2.30. The van der Waals surface area contributed by atoms with Crippen LogP contribution in [0.3, 0.4) is 0 Å². The zero-order valence-corrected chi connectivity index (χ0v) is 8.66. The van der Waals surface area contributed by atoms with Gasteiger partial charge in [0.15, 0.2) is 0 Å². The predicted molar refractivity (Wildman–Crippen MR) is 60.6 cm³/mol. The Kier molecular flexibility index (Phi) is 1.98. The van der Waals surface area contributed by atoms with Crippen LogP contribution in [0.15, 0.2) is 41.1 Å². The van der Waals surface area contributed by atoms with E-state index in [1.165, 1.54) is 6.20 Å². The molecule has 0 fully saturated rings. The van der Waals surface area contributed by atoms with Crippen molar-refractivity contribution in [2.45, 2.75) is 0 Å². The Bertz CT molecular complexity index is 691. The molecule has 2 aromatic heterocycles. The quantitative estimate of drug-likeness (QED) is 0.668. The van der Waals surface area contributed by atoms with Gasteiger partial charge in [0.05, 0.1) is 11.8 Å². The van der Waals surface area contributed by atoms with Crippen molar-refractivity contribution in [1.82, 2.24) is 9.97 Å². The monoisotopic (exact) mass is 228 g/mol. The normalized spacial score (nSPS) is 10.8. The summed E-state index contributed by atoms with van der Waals surface area (Å²) < 4.78 is 5.27. The molecule has 0 aliphatic carbocycles. The Hall–Kier alpha value is -2.56. The Balaban J connectivity index is 2.19. The van der Waals surface area contributed by atoms with Gasteiger partial charge in [-0.25, -0.2) is 4.98 Å². The molecule has 3 aromatic rings. The van der Waals surface area contributed by atoms with Crippen molar-refractivity contribution in [2.24, 2.45) is 0 Å². The van der Waals surface area contributed by atoms with Crippen LogP contribution in [0.1, 0.15) is 0 Å². The summed E-state index contributed by atoms with van der Waals surface area (Å²) in [6, 6.07) is 6.88. The van der Waals surface area contributed by atoms with Crippen LogP contribution >= 0.6 is 0 Å². The molecule has 0 amide bonds. The molecule has 0 aliphatic heterocycles. The highest BCUT2D eigenvalue weighted by atomic mass is 16.3. The number of rotatable bonds is 1. The molecule has 2 N–H and O–H groups in total. The zero-order valence-electron chi connectivity index (χ0n) is 8.66. The third-order valence-corrected chi connectivity index (χ3v) is 2.52. The first kappa shape index (κ1) is 9.65. The molecule has 0 unspecified atom stereocenters. The molecule has 0 bridgehead atoms. The summed E-state index contributed by atoms with van der Waals surface area (Å²) in [6.45, 7) is 0. The first-order valence-electron chi connectivity index (χ1n) is 4.96. The van der Waals surface area contributed by atoms with E-state index in [4.69, 9.17) is 9.52 Å². The highest BCUT2D eigenvalue weighted by Gasteiger charge is 2.09. The van der Waals surface area contributed by atoms with Gasteiger partial charge in [0, 0.05) is 11.6 Å². The number of furan rings is 1. The lowest BCUT2D eigenvalue weighted by atomic mass is 10.1. The number of benzene rings is 1. The van der Waals surface area contributed by atoms with Gasteiger partial charge in [0.1, 0.15) is 5.58 Å². The molecule has 0 saturated carbocycles. The van der Waals surface area contributed by atoms with E-state index in [1.807, 2.05) is 18.2 Å².